The van der Waals surface area contributed by atoms with E-state index >= 15 is 0 Å². The number of fused-ring (bicyclic) bond motifs is 1. The maximum absolute atomic E-state index is 13.0. The first kappa shape index (κ1) is 19.3. The average Bonchev–Trinajstić information content (AvgIpc) is 3.07. The molecule has 0 aliphatic carbocycles. The van der Waals surface area contributed by atoms with Gasteiger partial charge in [0.15, 0.2) is 11.5 Å². The first-order valence-electron chi connectivity index (χ1n) is 7.38. The lowest BCUT2D eigenvalue weighted by atomic mass is 10.2. The van der Waals surface area contributed by atoms with Crippen molar-refractivity contribution in [2.24, 2.45) is 4.99 Å². The number of ether oxygens (including phenoxy) is 2. The summed E-state index contributed by atoms with van der Waals surface area (Å²) in [6.45, 7) is -0.00893. The first-order valence-corrected chi connectivity index (χ1v) is 9.27. The number of sulfonamides is 1. The fraction of sp³-hybridized carbons (Fsp3) is 0.188. The maximum atomic E-state index is 13.0. The number of isothiocyanates is 1. The number of aliphatic imine (C=N–C) groups is 1. The lowest BCUT2D eigenvalue weighted by Crippen LogP contribution is -2.23. The van der Waals surface area contributed by atoms with E-state index in [4.69, 9.17) is 9.47 Å². The predicted octanol–water partition coefficient (Wildman–Crippen LogP) is 3.65. The molecule has 27 heavy (non-hydrogen) atoms. The van der Waals surface area contributed by atoms with Crippen LogP contribution in [0.4, 0.5) is 18.9 Å². The van der Waals surface area contributed by atoms with Gasteiger partial charge in [-0.15, -0.1) is 0 Å². The van der Waals surface area contributed by atoms with Crippen molar-refractivity contribution in [3.63, 3.8) is 0 Å². The number of nitrogens with one attached hydrogen (secondary N) is 1. The van der Waals surface area contributed by atoms with E-state index in [1.807, 2.05) is 5.16 Å². The summed E-state index contributed by atoms with van der Waals surface area (Å²) in [5, 5.41) is 1.82. The fourth-order valence-corrected chi connectivity index (χ4v) is 3.51. The highest BCUT2D eigenvalue weighted by atomic mass is 32.2. The van der Waals surface area contributed by atoms with E-state index < -0.39 is 27.5 Å². The van der Waals surface area contributed by atoms with Crippen molar-refractivity contribution in [3.05, 3.63) is 47.5 Å². The van der Waals surface area contributed by atoms with Crippen molar-refractivity contribution in [1.29, 1.82) is 0 Å². The van der Waals surface area contributed by atoms with Gasteiger partial charge in [0.05, 0.1) is 21.3 Å². The molecule has 2 aromatic rings. The molecular weight excluding hydrogens is 405 g/mol. The average molecular weight is 416 g/mol. The van der Waals surface area contributed by atoms with Crippen molar-refractivity contribution in [2.75, 3.05) is 6.79 Å². The Hall–Kier alpha value is -2.46. The SMILES string of the molecule is O=S(=O)(NCc1ccc2c(c1)OCO2)c1ccc(C(F)(F)F)c(N=C=S)c1. The largest absolute Gasteiger partial charge is 0.454 e. The van der Waals surface area contributed by atoms with Crippen LogP contribution in [0, 0.1) is 0 Å². The highest BCUT2D eigenvalue weighted by Crippen LogP contribution is 2.37. The van der Waals surface area contributed by atoms with Crippen LogP contribution >= 0.6 is 12.2 Å². The molecular formula is C16H11F3N2O4S2. The molecule has 0 spiro atoms. The summed E-state index contributed by atoms with van der Waals surface area (Å²) >= 11 is 4.34. The summed E-state index contributed by atoms with van der Waals surface area (Å²) in [6.07, 6.45) is -4.70. The summed E-state index contributed by atoms with van der Waals surface area (Å²) in [4.78, 5) is 2.95. The summed E-state index contributed by atoms with van der Waals surface area (Å²) in [6, 6.07) is 7.18. The van der Waals surface area contributed by atoms with Crippen molar-refractivity contribution in [2.45, 2.75) is 17.6 Å². The standard InChI is InChI=1S/C16H11F3N2O4S2/c17-16(18,19)12-3-2-11(6-13(12)20-8-26)27(22,23)21-7-10-1-4-14-15(5-10)25-9-24-14/h1-6,21H,7,9H2. The zero-order valence-corrected chi connectivity index (χ0v) is 15.0. The number of rotatable bonds is 5. The van der Waals surface area contributed by atoms with Crippen molar-refractivity contribution < 1.29 is 31.1 Å². The van der Waals surface area contributed by atoms with E-state index in [1.165, 1.54) is 0 Å². The van der Waals surface area contributed by atoms with Crippen LogP contribution < -0.4 is 14.2 Å². The van der Waals surface area contributed by atoms with Crippen LogP contribution in [0.5, 0.6) is 11.5 Å². The Morgan fingerprint density at radius 2 is 1.89 bits per heavy atom. The third-order valence-corrected chi connectivity index (χ3v) is 5.14. The van der Waals surface area contributed by atoms with Crippen LogP contribution in [0.2, 0.25) is 0 Å². The van der Waals surface area contributed by atoms with Crippen LogP contribution in [0.15, 0.2) is 46.3 Å². The van der Waals surface area contributed by atoms with Gasteiger partial charge < -0.3 is 9.47 Å². The smallest absolute Gasteiger partial charge is 0.418 e. The lowest BCUT2D eigenvalue weighted by molar-refractivity contribution is -0.137. The normalized spacial score (nSPS) is 13.3. The van der Waals surface area contributed by atoms with Gasteiger partial charge in [0.1, 0.15) is 0 Å². The van der Waals surface area contributed by atoms with E-state index in [9.17, 15) is 21.6 Å². The second-order valence-corrected chi connectivity index (χ2v) is 7.34. The third-order valence-electron chi connectivity index (χ3n) is 3.65. The van der Waals surface area contributed by atoms with Gasteiger partial charge in [-0.3, -0.25) is 0 Å². The number of alkyl halides is 3. The summed E-state index contributed by atoms with van der Waals surface area (Å²) < 4.78 is 76.4. The molecule has 11 heteroatoms. The summed E-state index contributed by atoms with van der Waals surface area (Å²) in [5.74, 6) is 1.03. The Morgan fingerprint density at radius 1 is 1.15 bits per heavy atom. The molecule has 1 N–H and O–H groups in total. The van der Waals surface area contributed by atoms with E-state index in [1.54, 1.807) is 18.2 Å². The topological polar surface area (TPSA) is 77.0 Å². The molecule has 0 fully saturated rings. The third kappa shape index (κ3) is 4.28. The number of benzene rings is 2. The fourth-order valence-electron chi connectivity index (χ4n) is 2.37. The molecule has 0 aromatic heterocycles. The minimum absolute atomic E-state index is 0.0826. The minimum Gasteiger partial charge on any atom is -0.454 e. The monoisotopic (exact) mass is 416 g/mol. The predicted molar refractivity (Wildman–Crippen MR) is 92.7 cm³/mol. The number of halogens is 3. The lowest BCUT2D eigenvalue weighted by Gasteiger charge is -2.12. The highest BCUT2D eigenvalue weighted by molar-refractivity contribution is 7.89. The zero-order valence-electron chi connectivity index (χ0n) is 13.4. The number of hydrogen-bond donors (Lipinski definition) is 1. The van der Waals surface area contributed by atoms with Gasteiger partial charge >= 0.3 is 6.18 Å². The van der Waals surface area contributed by atoms with Gasteiger partial charge in [0, 0.05) is 6.54 Å². The van der Waals surface area contributed by atoms with Crippen molar-refractivity contribution >= 4 is 33.1 Å². The number of nitrogens with zero attached hydrogens (tertiary/aromatic N) is 1. The Balaban J connectivity index is 1.84. The van der Waals surface area contributed by atoms with E-state index in [0.29, 0.717) is 23.1 Å². The number of hydrogen-bond acceptors (Lipinski definition) is 6. The molecule has 0 saturated heterocycles. The molecule has 2 aromatic carbocycles. The van der Waals surface area contributed by atoms with E-state index in [0.717, 1.165) is 12.1 Å². The summed E-state index contributed by atoms with van der Waals surface area (Å²) in [7, 11) is -4.09. The first-order chi connectivity index (χ1) is 12.7. The number of thiocarbonyl (C=S) groups is 1. The second kappa shape index (κ2) is 7.28. The molecule has 142 valence electrons. The highest BCUT2D eigenvalue weighted by Gasteiger charge is 2.34. The van der Waals surface area contributed by atoms with Crippen molar-refractivity contribution in [1.82, 2.24) is 4.72 Å². The Kier molecular flexibility index (Phi) is 5.20. The quantitative estimate of drug-likeness (QED) is 0.595. The second-order valence-electron chi connectivity index (χ2n) is 5.39. The van der Waals surface area contributed by atoms with Crippen LogP contribution in [0.3, 0.4) is 0 Å². The maximum Gasteiger partial charge on any atom is 0.418 e. The minimum atomic E-state index is -4.70. The molecule has 1 heterocycles. The molecule has 0 atom stereocenters. The van der Waals surface area contributed by atoms with E-state index in [2.05, 4.69) is 21.9 Å². The van der Waals surface area contributed by atoms with Crippen LogP contribution in [0.25, 0.3) is 0 Å². The Morgan fingerprint density at radius 3 is 2.59 bits per heavy atom. The van der Waals surface area contributed by atoms with Gasteiger partial charge in [-0.05, 0) is 48.1 Å². The van der Waals surface area contributed by atoms with E-state index in [-0.39, 0.29) is 18.2 Å². The molecule has 6 nitrogen and oxygen atoms in total. The van der Waals surface area contributed by atoms with Gasteiger partial charge in [0.2, 0.25) is 16.8 Å². The molecule has 0 bridgehead atoms. The molecule has 3 rings (SSSR count). The Labute approximate surface area is 157 Å². The summed E-state index contributed by atoms with van der Waals surface area (Å²) in [5.41, 5.74) is -1.13. The van der Waals surface area contributed by atoms with Crippen LogP contribution in [-0.4, -0.2) is 20.4 Å². The van der Waals surface area contributed by atoms with Crippen LogP contribution in [0.1, 0.15) is 11.1 Å². The van der Waals surface area contributed by atoms with Gasteiger partial charge in [0.25, 0.3) is 0 Å². The molecule has 0 amide bonds. The molecule has 0 unspecified atom stereocenters. The molecule has 0 saturated carbocycles. The van der Waals surface area contributed by atoms with Gasteiger partial charge in [-0.25, -0.2) is 13.1 Å². The molecule has 1 aliphatic rings. The van der Waals surface area contributed by atoms with Crippen LogP contribution in [-0.2, 0) is 22.7 Å². The van der Waals surface area contributed by atoms with Gasteiger partial charge in [-0.1, -0.05) is 6.07 Å². The Bertz CT molecular complexity index is 1030. The molecule has 1 aliphatic heterocycles. The van der Waals surface area contributed by atoms with Crippen molar-refractivity contribution in [3.8, 4) is 11.5 Å². The molecule has 0 radical (unpaired) electrons. The zero-order chi connectivity index (χ0) is 19.7. The van der Waals surface area contributed by atoms with Gasteiger partial charge in [-0.2, -0.15) is 18.2 Å².